The van der Waals surface area contributed by atoms with E-state index in [1.54, 1.807) is 12.1 Å². The number of sulfonamides is 1. The minimum atomic E-state index is -3.81. The van der Waals surface area contributed by atoms with E-state index in [2.05, 4.69) is 9.71 Å². The third-order valence-electron chi connectivity index (χ3n) is 5.80. The summed E-state index contributed by atoms with van der Waals surface area (Å²) in [4.78, 5) is 15.0. The molecule has 2 aromatic rings. The summed E-state index contributed by atoms with van der Waals surface area (Å²) in [5, 5.41) is 3.04. The van der Waals surface area contributed by atoms with Crippen LogP contribution in [-0.4, -0.2) is 26.7 Å². The summed E-state index contributed by atoms with van der Waals surface area (Å²) >= 11 is 0. The van der Waals surface area contributed by atoms with Crippen LogP contribution in [-0.2, 0) is 10.0 Å². The number of nitrogens with zero attached hydrogens (tertiary/aromatic N) is 2. The van der Waals surface area contributed by atoms with E-state index in [9.17, 15) is 13.2 Å². The quantitative estimate of drug-likeness (QED) is 0.790. The number of amides is 1. The lowest BCUT2D eigenvalue weighted by molar-refractivity contribution is 0.0935. The Bertz CT molecular complexity index is 1090. The Hall–Kier alpha value is -2.67. The molecule has 7 heteroatoms. The first-order chi connectivity index (χ1) is 14.4. The minimum Gasteiger partial charge on any atom is -0.345 e. The molecule has 2 aliphatic heterocycles. The molecule has 2 aliphatic rings. The zero-order valence-corrected chi connectivity index (χ0v) is 18.2. The number of benzene rings is 2. The number of aryl methyl sites for hydroxylation is 1. The smallest absolute Gasteiger partial charge is 0.286 e. The first kappa shape index (κ1) is 20.6. The Morgan fingerprint density at radius 3 is 2.63 bits per heavy atom. The Balaban J connectivity index is 1.63. The molecule has 158 valence electrons. The standard InChI is InChI=1S/C23H27N3O3S/c1-3-19(17-10-8-16(2)9-11-17)24-23(27)18-12-13-20-21(15-18)30(28,29)25-22-7-5-4-6-14-26(20)22/h8-13,15,19H,3-7,14H2,1-2H3,(H,24,27). The monoisotopic (exact) mass is 425 g/mol. The van der Waals surface area contributed by atoms with Crippen molar-refractivity contribution < 1.29 is 13.2 Å². The summed E-state index contributed by atoms with van der Waals surface area (Å²) in [6.07, 6.45) is 4.39. The molecule has 0 spiro atoms. The van der Waals surface area contributed by atoms with Gasteiger partial charge in [0.1, 0.15) is 10.7 Å². The summed E-state index contributed by atoms with van der Waals surface area (Å²) in [5.41, 5.74) is 3.15. The van der Waals surface area contributed by atoms with Gasteiger partial charge in [-0.1, -0.05) is 43.2 Å². The number of anilines is 1. The van der Waals surface area contributed by atoms with Crippen LogP contribution in [0.25, 0.3) is 0 Å². The molecule has 4 rings (SSSR count). The molecule has 1 amide bonds. The molecule has 30 heavy (non-hydrogen) atoms. The third kappa shape index (κ3) is 3.99. The average Bonchev–Trinajstić information content (AvgIpc) is 2.97. The van der Waals surface area contributed by atoms with Crippen LogP contribution in [0.15, 0.2) is 51.8 Å². The van der Waals surface area contributed by atoms with Gasteiger partial charge in [0.15, 0.2) is 0 Å². The second-order valence-corrected chi connectivity index (χ2v) is 9.54. The van der Waals surface area contributed by atoms with Gasteiger partial charge in [-0.2, -0.15) is 8.42 Å². The molecule has 0 saturated carbocycles. The fourth-order valence-corrected chi connectivity index (χ4v) is 5.37. The highest BCUT2D eigenvalue weighted by Crippen LogP contribution is 2.35. The van der Waals surface area contributed by atoms with Crippen molar-refractivity contribution in [1.82, 2.24) is 5.32 Å². The maximum atomic E-state index is 12.9. The molecule has 1 unspecified atom stereocenters. The zero-order chi connectivity index (χ0) is 21.3. The third-order valence-corrected chi connectivity index (χ3v) is 7.14. The number of carbonyl (C=O) groups excluding carboxylic acids is 1. The topological polar surface area (TPSA) is 78.8 Å². The van der Waals surface area contributed by atoms with Crippen LogP contribution in [0.4, 0.5) is 5.69 Å². The van der Waals surface area contributed by atoms with Crippen molar-refractivity contribution in [1.29, 1.82) is 0 Å². The van der Waals surface area contributed by atoms with Gasteiger partial charge in [-0.15, -0.1) is 4.40 Å². The van der Waals surface area contributed by atoms with E-state index in [1.807, 2.05) is 43.0 Å². The highest BCUT2D eigenvalue weighted by Gasteiger charge is 2.32. The molecular formula is C23H27N3O3S. The van der Waals surface area contributed by atoms with Crippen molar-refractivity contribution in [2.45, 2.75) is 56.9 Å². The maximum Gasteiger partial charge on any atom is 0.286 e. The Labute approximate surface area is 178 Å². The summed E-state index contributed by atoms with van der Waals surface area (Å²) in [6.45, 7) is 4.78. The Kier molecular flexibility index (Phi) is 5.64. The van der Waals surface area contributed by atoms with Crippen LogP contribution >= 0.6 is 0 Å². The number of nitrogens with one attached hydrogen (secondary N) is 1. The Morgan fingerprint density at radius 1 is 1.13 bits per heavy atom. The molecule has 0 radical (unpaired) electrons. The van der Waals surface area contributed by atoms with Crippen LogP contribution in [0.2, 0.25) is 0 Å². The molecule has 1 saturated heterocycles. The number of rotatable bonds is 4. The summed E-state index contributed by atoms with van der Waals surface area (Å²) < 4.78 is 29.7. The first-order valence-corrected chi connectivity index (χ1v) is 12.0. The summed E-state index contributed by atoms with van der Waals surface area (Å²) in [5.74, 6) is 0.327. The van der Waals surface area contributed by atoms with Crippen molar-refractivity contribution in [3.8, 4) is 0 Å². The second kappa shape index (κ2) is 8.22. The Morgan fingerprint density at radius 2 is 1.90 bits per heavy atom. The molecule has 1 atom stereocenters. The van der Waals surface area contributed by atoms with Crippen molar-refractivity contribution >= 4 is 27.5 Å². The minimum absolute atomic E-state index is 0.115. The van der Waals surface area contributed by atoms with Crippen molar-refractivity contribution in [2.24, 2.45) is 4.40 Å². The van der Waals surface area contributed by atoms with Gasteiger partial charge in [-0.25, -0.2) is 0 Å². The van der Waals surface area contributed by atoms with Crippen molar-refractivity contribution in [3.05, 3.63) is 59.2 Å². The highest BCUT2D eigenvalue weighted by molar-refractivity contribution is 7.90. The van der Waals surface area contributed by atoms with E-state index in [1.165, 1.54) is 6.07 Å². The number of amidine groups is 1. The van der Waals surface area contributed by atoms with E-state index in [0.717, 1.165) is 43.4 Å². The number of carbonyl (C=O) groups is 1. The maximum absolute atomic E-state index is 12.9. The van der Waals surface area contributed by atoms with Gasteiger partial charge in [0.05, 0.1) is 11.7 Å². The fourth-order valence-electron chi connectivity index (χ4n) is 4.08. The fraction of sp³-hybridized carbons (Fsp3) is 0.391. The SMILES string of the molecule is CCC(NC(=O)c1ccc2c(c1)S(=O)(=O)N=C1CCCCCN12)c1ccc(C)cc1. The normalized spacial score (nSPS) is 18.5. The second-order valence-electron chi connectivity index (χ2n) is 7.97. The van der Waals surface area contributed by atoms with Gasteiger partial charge in [-0.3, -0.25) is 4.79 Å². The molecule has 1 fully saturated rings. The molecule has 6 nitrogen and oxygen atoms in total. The summed E-state index contributed by atoms with van der Waals surface area (Å²) in [7, 11) is -3.81. The van der Waals surface area contributed by atoms with Crippen molar-refractivity contribution in [2.75, 3.05) is 11.4 Å². The van der Waals surface area contributed by atoms with Gasteiger partial charge in [0.2, 0.25) is 0 Å². The number of fused-ring (bicyclic) bond motifs is 3. The molecule has 0 aliphatic carbocycles. The molecule has 0 bridgehead atoms. The molecule has 2 aromatic carbocycles. The van der Waals surface area contributed by atoms with Gasteiger partial charge >= 0.3 is 0 Å². The lowest BCUT2D eigenvalue weighted by atomic mass is 10.0. The van der Waals surface area contributed by atoms with Crippen LogP contribution in [0, 0.1) is 6.92 Å². The van der Waals surface area contributed by atoms with E-state index < -0.39 is 10.0 Å². The molecular weight excluding hydrogens is 398 g/mol. The van der Waals surface area contributed by atoms with Crippen LogP contribution in [0.5, 0.6) is 0 Å². The van der Waals surface area contributed by atoms with E-state index >= 15 is 0 Å². The predicted octanol–water partition coefficient (Wildman–Crippen LogP) is 4.36. The van der Waals surface area contributed by atoms with Crippen LogP contribution in [0.1, 0.15) is 66.6 Å². The molecule has 1 N–H and O–H groups in total. The number of hydrogen-bond acceptors (Lipinski definition) is 4. The molecule has 2 heterocycles. The lowest BCUT2D eigenvalue weighted by Gasteiger charge is -2.29. The van der Waals surface area contributed by atoms with Gasteiger partial charge in [0.25, 0.3) is 15.9 Å². The largest absolute Gasteiger partial charge is 0.345 e. The van der Waals surface area contributed by atoms with Gasteiger partial charge in [0, 0.05) is 18.5 Å². The highest BCUT2D eigenvalue weighted by atomic mass is 32.2. The number of hydrogen-bond donors (Lipinski definition) is 1. The van der Waals surface area contributed by atoms with Gasteiger partial charge < -0.3 is 10.2 Å². The van der Waals surface area contributed by atoms with Crippen molar-refractivity contribution in [3.63, 3.8) is 0 Å². The van der Waals surface area contributed by atoms with E-state index in [-0.39, 0.29) is 16.8 Å². The zero-order valence-electron chi connectivity index (χ0n) is 17.4. The average molecular weight is 426 g/mol. The first-order valence-electron chi connectivity index (χ1n) is 10.5. The summed E-state index contributed by atoms with van der Waals surface area (Å²) in [6, 6.07) is 12.8. The lowest BCUT2D eigenvalue weighted by Crippen LogP contribution is -2.35. The van der Waals surface area contributed by atoms with E-state index in [0.29, 0.717) is 23.5 Å². The molecule has 0 aromatic heterocycles. The van der Waals surface area contributed by atoms with E-state index in [4.69, 9.17) is 0 Å². The predicted molar refractivity (Wildman–Crippen MR) is 119 cm³/mol. The van der Waals surface area contributed by atoms with Crippen LogP contribution < -0.4 is 10.2 Å². The van der Waals surface area contributed by atoms with Crippen LogP contribution in [0.3, 0.4) is 0 Å². The van der Waals surface area contributed by atoms with Gasteiger partial charge in [-0.05, 0) is 49.9 Å².